The summed E-state index contributed by atoms with van der Waals surface area (Å²) >= 11 is 1.90. The van der Waals surface area contributed by atoms with Crippen LogP contribution >= 0.6 is 11.8 Å². The molecular formula is C14H29N3O2S2. The molecule has 1 aliphatic carbocycles. The summed E-state index contributed by atoms with van der Waals surface area (Å²) in [6, 6.07) is 0.222. The lowest BCUT2D eigenvalue weighted by Gasteiger charge is -2.36. The van der Waals surface area contributed by atoms with Gasteiger partial charge in [0.2, 0.25) is 0 Å². The molecule has 1 unspecified atom stereocenters. The van der Waals surface area contributed by atoms with E-state index in [0.717, 1.165) is 51.5 Å². The van der Waals surface area contributed by atoms with Crippen LogP contribution in [0.1, 0.15) is 44.9 Å². The molecular weight excluding hydrogens is 306 g/mol. The monoisotopic (exact) mass is 335 g/mol. The first-order valence-electron chi connectivity index (χ1n) is 8.03. The third kappa shape index (κ3) is 4.82. The Labute approximate surface area is 133 Å². The zero-order valence-electron chi connectivity index (χ0n) is 13.2. The third-order valence-electron chi connectivity index (χ3n) is 4.64. The highest BCUT2D eigenvalue weighted by molar-refractivity contribution is 7.99. The molecule has 0 aromatic carbocycles. The van der Waals surface area contributed by atoms with E-state index in [1.54, 1.807) is 4.31 Å². The van der Waals surface area contributed by atoms with Crippen molar-refractivity contribution in [2.24, 2.45) is 0 Å². The molecule has 0 amide bonds. The normalized spacial score (nSPS) is 32.2. The number of hydrogen-bond donors (Lipinski definition) is 2. The van der Waals surface area contributed by atoms with Gasteiger partial charge in [-0.1, -0.05) is 6.42 Å². The molecule has 1 saturated carbocycles. The lowest BCUT2D eigenvalue weighted by Crippen LogP contribution is -2.54. The van der Waals surface area contributed by atoms with Crippen LogP contribution < -0.4 is 10.0 Å². The van der Waals surface area contributed by atoms with E-state index in [1.807, 2.05) is 18.8 Å². The van der Waals surface area contributed by atoms with Crippen molar-refractivity contribution >= 4 is 22.0 Å². The van der Waals surface area contributed by atoms with E-state index < -0.39 is 10.2 Å². The van der Waals surface area contributed by atoms with E-state index in [1.165, 1.54) is 0 Å². The van der Waals surface area contributed by atoms with E-state index in [0.29, 0.717) is 11.8 Å². The predicted octanol–water partition coefficient (Wildman–Crippen LogP) is 1.57. The van der Waals surface area contributed by atoms with Crippen LogP contribution in [0, 0.1) is 0 Å². The fraction of sp³-hybridized carbons (Fsp3) is 1.00. The molecule has 0 bridgehead atoms. The summed E-state index contributed by atoms with van der Waals surface area (Å²) < 4.78 is 30.0. The standard InChI is InChI=1S/C14H29N3O2S2/c1-15-11-13-5-3-4-10-17(13)21(18,19)16-12-6-8-14(20-2)9-7-12/h12-16H,3-11H2,1-2H3. The zero-order chi connectivity index (χ0) is 15.3. The van der Waals surface area contributed by atoms with Crippen molar-refractivity contribution in [3.05, 3.63) is 0 Å². The number of piperidine rings is 1. The van der Waals surface area contributed by atoms with Crippen LogP contribution in [0.3, 0.4) is 0 Å². The number of thioether (sulfide) groups is 1. The minimum Gasteiger partial charge on any atom is -0.318 e. The van der Waals surface area contributed by atoms with Gasteiger partial charge in [-0.05, 0) is 51.8 Å². The Morgan fingerprint density at radius 2 is 1.86 bits per heavy atom. The minimum absolute atomic E-state index is 0.101. The van der Waals surface area contributed by atoms with Crippen molar-refractivity contribution in [3.63, 3.8) is 0 Å². The Morgan fingerprint density at radius 1 is 1.14 bits per heavy atom. The first-order chi connectivity index (χ1) is 10.1. The summed E-state index contributed by atoms with van der Waals surface area (Å²) in [6.07, 6.45) is 9.37. The fourth-order valence-electron chi connectivity index (χ4n) is 3.42. The predicted molar refractivity (Wildman–Crippen MR) is 89.9 cm³/mol. The summed E-state index contributed by atoms with van der Waals surface area (Å²) in [5, 5.41) is 3.83. The Kier molecular flexibility index (Phi) is 6.80. The summed E-state index contributed by atoms with van der Waals surface area (Å²) in [4.78, 5) is 0. The molecule has 2 rings (SSSR count). The zero-order valence-corrected chi connectivity index (χ0v) is 14.8. The van der Waals surface area contributed by atoms with E-state index in [2.05, 4.69) is 16.3 Å². The van der Waals surface area contributed by atoms with Crippen molar-refractivity contribution in [1.29, 1.82) is 0 Å². The van der Waals surface area contributed by atoms with Gasteiger partial charge in [-0.25, -0.2) is 0 Å². The van der Waals surface area contributed by atoms with Gasteiger partial charge in [0, 0.05) is 30.4 Å². The number of nitrogens with zero attached hydrogens (tertiary/aromatic N) is 1. The van der Waals surface area contributed by atoms with Gasteiger partial charge in [0.25, 0.3) is 10.2 Å². The summed E-state index contributed by atoms with van der Waals surface area (Å²) in [6.45, 7) is 1.39. The molecule has 7 heteroatoms. The smallest absolute Gasteiger partial charge is 0.279 e. The molecule has 0 aromatic rings. The van der Waals surface area contributed by atoms with Crippen LogP contribution in [0.15, 0.2) is 0 Å². The molecule has 2 fully saturated rings. The summed E-state index contributed by atoms with van der Waals surface area (Å²) in [5.41, 5.74) is 0. The maximum atomic E-state index is 12.7. The van der Waals surface area contributed by atoms with Gasteiger partial charge >= 0.3 is 0 Å². The van der Waals surface area contributed by atoms with Crippen molar-refractivity contribution in [2.75, 3.05) is 26.4 Å². The van der Waals surface area contributed by atoms with E-state index in [4.69, 9.17) is 0 Å². The van der Waals surface area contributed by atoms with Crippen LogP contribution in [-0.4, -0.2) is 56.4 Å². The molecule has 0 spiro atoms. The molecule has 0 radical (unpaired) electrons. The van der Waals surface area contributed by atoms with Crippen LogP contribution in [0.4, 0.5) is 0 Å². The second-order valence-electron chi connectivity index (χ2n) is 6.15. The maximum Gasteiger partial charge on any atom is 0.279 e. The second-order valence-corrected chi connectivity index (χ2v) is 8.94. The largest absolute Gasteiger partial charge is 0.318 e. The molecule has 2 aliphatic rings. The minimum atomic E-state index is -3.34. The average molecular weight is 336 g/mol. The number of hydrogen-bond acceptors (Lipinski definition) is 4. The highest BCUT2D eigenvalue weighted by atomic mass is 32.2. The molecule has 124 valence electrons. The molecule has 21 heavy (non-hydrogen) atoms. The second kappa shape index (κ2) is 8.15. The highest BCUT2D eigenvalue weighted by Gasteiger charge is 2.34. The SMILES string of the molecule is CNCC1CCCCN1S(=O)(=O)NC1CCC(SC)CC1. The number of likely N-dealkylation sites (N-methyl/N-ethyl adjacent to an activating group) is 1. The van der Waals surface area contributed by atoms with Gasteiger partial charge in [-0.2, -0.15) is 29.2 Å². The van der Waals surface area contributed by atoms with E-state index in [9.17, 15) is 8.42 Å². The van der Waals surface area contributed by atoms with Crippen LogP contribution in [0.5, 0.6) is 0 Å². The van der Waals surface area contributed by atoms with Gasteiger partial charge in [-0.15, -0.1) is 0 Å². The Hall–Kier alpha value is 0.180. The molecule has 0 aromatic heterocycles. The van der Waals surface area contributed by atoms with Gasteiger partial charge in [0.1, 0.15) is 0 Å². The molecule has 1 atom stereocenters. The third-order valence-corrected chi connectivity index (χ3v) is 7.51. The van der Waals surface area contributed by atoms with E-state index in [-0.39, 0.29) is 12.1 Å². The molecule has 1 aliphatic heterocycles. The maximum absolute atomic E-state index is 12.7. The van der Waals surface area contributed by atoms with Gasteiger partial charge in [-0.3, -0.25) is 0 Å². The number of rotatable bonds is 6. The Morgan fingerprint density at radius 3 is 2.48 bits per heavy atom. The lowest BCUT2D eigenvalue weighted by molar-refractivity contribution is 0.243. The van der Waals surface area contributed by atoms with Crippen molar-refractivity contribution < 1.29 is 8.42 Å². The summed E-state index contributed by atoms with van der Waals surface area (Å²) in [5.74, 6) is 0. The van der Waals surface area contributed by atoms with Crippen LogP contribution in [0.25, 0.3) is 0 Å². The van der Waals surface area contributed by atoms with Crippen molar-refractivity contribution in [1.82, 2.24) is 14.3 Å². The number of nitrogens with one attached hydrogen (secondary N) is 2. The Balaban J connectivity index is 1.94. The first kappa shape index (κ1) is 17.5. The molecule has 2 N–H and O–H groups in total. The van der Waals surface area contributed by atoms with Gasteiger partial charge in [0.15, 0.2) is 0 Å². The average Bonchev–Trinajstić information content (AvgIpc) is 2.48. The first-order valence-corrected chi connectivity index (χ1v) is 10.8. The van der Waals surface area contributed by atoms with Crippen molar-refractivity contribution in [2.45, 2.75) is 62.3 Å². The van der Waals surface area contributed by atoms with Crippen LogP contribution in [-0.2, 0) is 10.2 Å². The molecule has 1 saturated heterocycles. The lowest BCUT2D eigenvalue weighted by atomic mass is 9.96. The van der Waals surface area contributed by atoms with E-state index >= 15 is 0 Å². The molecule has 1 heterocycles. The van der Waals surface area contributed by atoms with Crippen LogP contribution in [0.2, 0.25) is 0 Å². The summed E-state index contributed by atoms with van der Waals surface area (Å²) in [7, 11) is -1.46. The topological polar surface area (TPSA) is 61.4 Å². The van der Waals surface area contributed by atoms with Gasteiger partial charge < -0.3 is 5.32 Å². The van der Waals surface area contributed by atoms with Crippen molar-refractivity contribution in [3.8, 4) is 0 Å². The van der Waals surface area contributed by atoms with Gasteiger partial charge in [0.05, 0.1) is 0 Å². The fourth-order valence-corrected chi connectivity index (χ4v) is 5.90. The Bertz CT molecular complexity index is 406. The highest BCUT2D eigenvalue weighted by Crippen LogP contribution is 2.28. The quantitative estimate of drug-likeness (QED) is 0.773. The molecule has 5 nitrogen and oxygen atoms in total.